The highest BCUT2D eigenvalue weighted by Crippen LogP contribution is 2.29. The second kappa shape index (κ2) is 5.55. The normalized spacial score (nSPS) is 11.3. The third-order valence-electron chi connectivity index (χ3n) is 3.86. The summed E-state index contributed by atoms with van der Waals surface area (Å²) in [5.41, 5.74) is 2.04. The summed E-state index contributed by atoms with van der Waals surface area (Å²) in [6, 6.07) is 16.6. The van der Waals surface area contributed by atoms with E-state index < -0.39 is 0 Å². The lowest BCUT2D eigenvalue weighted by atomic mass is 10.0. The highest BCUT2D eigenvalue weighted by atomic mass is 32.2. The minimum Gasteiger partial charge on any atom is -0.336 e. The number of pyridine rings is 1. The summed E-state index contributed by atoms with van der Waals surface area (Å²) >= 11 is 1.55. The molecule has 0 aliphatic heterocycles. The third kappa shape index (κ3) is 2.41. The Hall–Kier alpha value is -2.60. The Morgan fingerprint density at radius 2 is 1.65 bits per heavy atom. The van der Waals surface area contributed by atoms with Crippen LogP contribution >= 0.6 is 11.8 Å². The molecule has 0 saturated heterocycles. The number of para-hydroxylation sites is 1. The average Bonchev–Trinajstić information content (AvgIpc) is 2.91. The van der Waals surface area contributed by atoms with E-state index in [-0.39, 0.29) is 0 Å². The number of nitrogens with zero attached hydrogens (tertiary/aromatic N) is 4. The van der Waals surface area contributed by atoms with Crippen molar-refractivity contribution in [3.8, 4) is 0 Å². The maximum atomic E-state index is 5.92. The summed E-state index contributed by atoms with van der Waals surface area (Å²) in [6.45, 7) is 1.83. The molecule has 0 radical (unpaired) electrons. The third-order valence-corrected chi connectivity index (χ3v) is 4.81. The number of benzene rings is 2. The molecule has 0 amide bonds. The molecular weight excluding hydrogens is 306 g/mol. The van der Waals surface area contributed by atoms with Gasteiger partial charge in [-0.1, -0.05) is 54.2 Å². The summed E-state index contributed by atoms with van der Waals surface area (Å²) in [4.78, 5) is 4.84. The Morgan fingerprint density at radius 3 is 2.39 bits per heavy atom. The maximum absolute atomic E-state index is 5.92. The molecule has 23 heavy (non-hydrogen) atoms. The molecular formula is C17H15N5S. The Balaban J connectivity index is 1.80. The van der Waals surface area contributed by atoms with Crippen molar-refractivity contribution < 1.29 is 0 Å². The van der Waals surface area contributed by atoms with Crippen LogP contribution in [0.5, 0.6) is 0 Å². The number of nitrogen functional groups attached to an aromatic ring is 1. The molecule has 2 aromatic carbocycles. The molecule has 0 atom stereocenters. The van der Waals surface area contributed by atoms with E-state index in [0.717, 1.165) is 11.2 Å². The van der Waals surface area contributed by atoms with E-state index in [1.807, 2.05) is 31.2 Å². The van der Waals surface area contributed by atoms with Gasteiger partial charge in [0.15, 0.2) is 0 Å². The fraction of sp³-hybridized carbons (Fsp3) is 0.118. The fourth-order valence-corrected chi connectivity index (χ4v) is 3.52. The Labute approximate surface area is 137 Å². The van der Waals surface area contributed by atoms with E-state index >= 15 is 0 Å². The number of rotatable bonds is 3. The molecule has 2 N–H and O–H groups in total. The number of hydrogen-bond acceptors (Lipinski definition) is 5. The first-order valence-electron chi connectivity index (χ1n) is 7.30. The van der Waals surface area contributed by atoms with E-state index in [0.29, 0.717) is 16.7 Å². The molecule has 5 nitrogen and oxygen atoms in total. The topological polar surface area (TPSA) is 69.6 Å². The first-order valence-corrected chi connectivity index (χ1v) is 8.29. The van der Waals surface area contributed by atoms with Crippen LogP contribution in [-0.4, -0.2) is 19.9 Å². The van der Waals surface area contributed by atoms with Crippen molar-refractivity contribution in [1.82, 2.24) is 19.9 Å². The molecule has 0 spiro atoms. The molecule has 0 aliphatic rings. The SMILES string of the molecule is Cc1nnc(SCc2nc3ccccc3c3ccccc23)n1N. The van der Waals surface area contributed by atoms with Crippen LogP contribution in [0.3, 0.4) is 0 Å². The van der Waals surface area contributed by atoms with Gasteiger partial charge in [0.25, 0.3) is 0 Å². The van der Waals surface area contributed by atoms with Crippen molar-refractivity contribution in [2.45, 2.75) is 17.8 Å². The van der Waals surface area contributed by atoms with Gasteiger partial charge >= 0.3 is 0 Å². The van der Waals surface area contributed by atoms with E-state index in [2.05, 4.69) is 34.5 Å². The van der Waals surface area contributed by atoms with Crippen molar-refractivity contribution in [3.05, 3.63) is 60.0 Å². The Morgan fingerprint density at radius 1 is 0.957 bits per heavy atom. The quantitative estimate of drug-likeness (QED) is 0.356. The monoisotopic (exact) mass is 321 g/mol. The van der Waals surface area contributed by atoms with E-state index in [1.165, 1.54) is 20.8 Å². The first kappa shape index (κ1) is 14.0. The molecule has 2 aromatic heterocycles. The van der Waals surface area contributed by atoms with Gasteiger partial charge in [0.1, 0.15) is 5.82 Å². The smallest absolute Gasteiger partial charge is 0.210 e. The van der Waals surface area contributed by atoms with Gasteiger partial charge in [0.2, 0.25) is 5.16 Å². The number of hydrogen-bond donors (Lipinski definition) is 1. The van der Waals surface area contributed by atoms with Crippen LogP contribution in [0.4, 0.5) is 0 Å². The molecule has 2 heterocycles. The second-order valence-corrected chi connectivity index (χ2v) is 6.25. The van der Waals surface area contributed by atoms with Crippen LogP contribution in [0.1, 0.15) is 11.5 Å². The molecule has 0 unspecified atom stereocenters. The van der Waals surface area contributed by atoms with Crippen molar-refractivity contribution >= 4 is 33.4 Å². The van der Waals surface area contributed by atoms with Crippen LogP contribution in [0.2, 0.25) is 0 Å². The summed E-state index contributed by atoms with van der Waals surface area (Å²) in [5.74, 6) is 7.31. The second-order valence-electron chi connectivity index (χ2n) is 5.31. The Kier molecular flexibility index (Phi) is 3.38. The lowest BCUT2D eigenvalue weighted by Crippen LogP contribution is -2.11. The zero-order chi connectivity index (χ0) is 15.8. The summed E-state index contributed by atoms with van der Waals surface area (Å²) < 4.78 is 1.51. The number of fused-ring (bicyclic) bond motifs is 3. The number of thioether (sulfide) groups is 1. The highest BCUT2D eigenvalue weighted by Gasteiger charge is 2.11. The van der Waals surface area contributed by atoms with E-state index in [1.54, 1.807) is 11.8 Å². The fourth-order valence-electron chi connectivity index (χ4n) is 2.67. The minimum absolute atomic E-state index is 0.695. The highest BCUT2D eigenvalue weighted by molar-refractivity contribution is 7.98. The lowest BCUT2D eigenvalue weighted by molar-refractivity contribution is 0.825. The van der Waals surface area contributed by atoms with Crippen LogP contribution in [0, 0.1) is 6.92 Å². The summed E-state index contributed by atoms with van der Waals surface area (Å²) in [5, 5.41) is 12.3. The number of aryl methyl sites for hydroxylation is 1. The molecule has 0 fully saturated rings. The zero-order valence-corrected chi connectivity index (χ0v) is 13.4. The van der Waals surface area contributed by atoms with E-state index in [9.17, 15) is 0 Å². The van der Waals surface area contributed by atoms with Gasteiger partial charge < -0.3 is 5.84 Å². The molecule has 6 heteroatoms. The largest absolute Gasteiger partial charge is 0.336 e. The minimum atomic E-state index is 0.695. The van der Waals surface area contributed by atoms with Gasteiger partial charge in [-0.3, -0.25) is 4.98 Å². The average molecular weight is 321 g/mol. The molecule has 4 rings (SSSR count). The van der Waals surface area contributed by atoms with Gasteiger partial charge in [-0.2, -0.15) is 0 Å². The van der Waals surface area contributed by atoms with Crippen LogP contribution in [0.25, 0.3) is 21.7 Å². The van der Waals surface area contributed by atoms with Crippen LogP contribution in [0.15, 0.2) is 53.7 Å². The van der Waals surface area contributed by atoms with Crippen molar-refractivity contribution in [2.75, 3.05) is 5.84 Å². The first-order chi connectivity index (χ1) is 11.2. The van der Waals surface area contributed by atoms with Gasteiger partial charge in [0.05, 0.1) is 11.2 Å². The van der Waals surface area contributed by atoms with Gasteiger partial charge in [-0.25, -0.2) is 4.68 Å². The molecule has 0 saturated carbocycles. The number of nitrogens with two attached hydrogens (primary N) is 1. The number of aromatic nitrogens is 4. The van der Waals surface area contributed by atoms with Crippen LogP contribution in [-0.2, 0) is 5.75 Å². The van der Waals surface area contributed by atoms with Crippen molar-refractivity contribution in [1.29, 1.82) is 0 Å². The standard InChI is InChI=1S/C17H15N5S/c1-11-20-21-17(22(11)18)23-10-16-14-8-3-2-6-12(14)13-7-4-5-9-15(13)19-16/h2-9H,10,18H2,1H3. The Bertz CT molecular complexity index is 1010. The zero-order valence-electron chi connectivity index (χ0n) is 12.6. The van der Waals surface area contributed by atoms with Gasteiger partial charge in [-0.05, 0) is 18.4 Å². The lowest BCUT2D eigenvalue weighted by Gasteiger charge is -2.09. The molecule has 114 valence electrons. The van der Waals surface area contributed by atoms with Crippen LogP contribution < -0.4 is 5.84 Å². The molecule has 4 aromatic rings. The summed E-state index contributed by atoms with van der Waals surface area (Å²) in [7, 11) is 0. The predicted octanol–water partition coefficient (Wildman–Crippen LogP) is 3.29. The molecule has 0 bridgehead atoms. The predicted molar refractivity (Wildman–Crippen MR) is 93.7 cm³/mol. The van der Waals surface area contributed by atoms with Gasteiger partial charge in [-0.15, -0.1) is 10.2 Å². The maximum Gasteiger partial charge on any atom is 0.210 e. The molecule has 0 aliphatic carbocycles. The van der Waals surface area contributed by atoms with Crippen molar-refractivity contribution in [2.24, 2.45) is 0 Å². The van der Waals surface area contributed by atoms with Crippen molar-refractivity contribution in [3.63, 3.8) is 0 Å². The van der Waals surface area contributed by atoms with Gasteiger partial charge in [0, 0.05) is 16.5 Å². The van der Waals surface area contributed by atoms with E-state index in [4.69, 9.17) is 10.8 Å². The summed E-state index contributed by atoms with van der Waals surface area (Å²) in [6.07, 6.45) is 0.